The molecule has 46 heavy (non-hydrogen) atoms. The zero-order valence-electron chi connectivity index (χ0n) is 24.2. The van der Waals surface area contributed by atoms with Gasteiger partial charge in [-0.05, 0) is 47.5 Å². The monoisotopic (exact) mass is 646 g/mol. The van der Waals surface area contributed by atoms with Gasteiger partial charge in [0, 0.05) is 21.2 Å². The van der Waals surface area contributed by atoms with E-state index in [1.54, 1.807) is 36.4 Å². The molecule has 0 unspecified atom stereocenters. The molecule has 0 fully saturated rings. The van der Waals surface area contributed by atoms with Gasteiger partial charge >= 0.3 is 0 Å². The minimum absolute atomic E-state index is 0.102. The van der Waals surface area contributed by atoms with Crippen LogP contribution in [0, 0.1) is 0 Å². The molecule has 0 N–H and O–H groups in total. The van der Waals surface area contributed by atoms with Gasteiger partial charge in [-0.15, -0.1) is 0 Å². The molecule has 0 bridgehead atoms. The summed E-state index contributed by atoms with van der Waals surface area (Å²) < 4.78 is 24.5. The van der Waals surface area contributed by atoms with E-state index in [0.717, 1.165) is 11.1 Å². The highest BCUT2D eigenvalue weighted by molar-refractivity contribution is 6.31. The lowest BCUT2D eigenvalue weighted by Crippen LogP contribution is -2.11. The van der Waals surface area contributed by atoms with Gasteiger partial charge in [-0.1, -0.05) is 108 Å². The molecule has 0 aliphatic heterocycles. The first-order chi connectivity index (χ1) is 22.4. The second-order valence-electron chi connectivity index (χ2n) is 10.6. The first-order valence-corrected chi connectivity index (χ1v) is 15.2. The predicted molar refractivity (Wildman–Crippen MR) is 181 cm³/mol. The normalized spacial score (nSPS) is 11.2. The summed E-state index contributed by atoms with van der Waals surface area (Å²) in [7, 11) is 0. The van der Waals surface area contributed by atoms with Gasteiger partial charge in [0.05, 0.1) is 10.8 Å². The molecule has 8 heteroatoms. The fourth-order valence-electron chi connectivity index (χ4n) is 5.16. The van der Waals surface area contributed by atoms with Crippen molar-refractivity contribution in [3.63, 3.8) is 0 Å². The summed E-state index contributed by atoms with van der Waals surface area (Å²) in [5, 5.41) is 1.53. The van der Waals surface area contributed by atoms with Crippen molar-refractivity contribution in [1.29, 1.82) is 0 Å². The highest BCUT2D eigenvalue weighted by Gasteiger charge is 2.20. The van der Waals surface area contributed by atoms with Crippen molar-refractivity contribution in [3.05, 3.63) is 163 Å². The molecule has 0 amide bonds. The minimum Gasteiger partial charge on any atom is -0.481 e. The van der Waals surface area contributed by atoms with Gasteiger partial charge in [0.2, 0.25) is 22.4 Å². The molecule has 0 aliphatic carbocycles. The third-order valence-electron chi connectivity index (χ3n) is 7.48. The summed E-state index contributed by atoms with van der Waals surface area (Å²) in [4.78, 5) is 27.1. The Morgan fingerprint density at radius 2 is 0.891 bits per heavy atom. The van der Waals surface area contributed by atoms with Gasteiger partial charge in [0.15, 0.2) is 11.5 Å². The van der Waals surface area contributed by atoms with Crippen LogP contribution in [0.1, 0.15) is 11.1 Å². The maximum atomic E-state index is 13.5. The van der Waals surface area contributed by atoms with Gasteiger partial charge in [0.1, 0.15) is 24.4 Å². The fourth-order valence-corrected chi connectivity index (χ4v) is 5.51. The van der Waals surface area contributed by atoms with Crippen LogP contribution in [0.2, 0.25) is 10.0 Å². The second kappa shape index (κ2) is 12.6. The number of rotatable bonds is 8. The maximum absolute atomic E-state index is 13.5. The van der Waals surface area contributed by atoms with Gasteiger partial charge in [-0.3, -0.25) is 9.59 Å². The van der Waals surface area contributed by atoms with Gasteiger partial charge in [-0.2, -0.15) is 0 Å². The molecular weight excluding hydrogens is 623 g/mol. The van der Waals surface area contributed by atoms with E-state index in [1.807, 2.05) is 84.9 Å². The molecule has 0 saturated heterocycles. The van der Waals surface area contributed by atoms with Crippen molar-refractivity contribution in [3.8, 4) is 34.1 Å². The Kier molecular flexibility index (Phi) is 8.06. The molecule has 2 aromatic heterocycles. The average molecular weight is 648 g/mol. The number of hydrogen-bond acceptors (Lipinski definition) is 6. The molecule has 0 radical (unpaired) electrons. The smallest absolute Gasteiger partial charge is 0.235 e. The highest BCUT2D eigenvalue weighted by atomic mass is 35.5. The van der Waals surface area contributed by atoms with E-state index < -0.39 is 0 Å². The Morgan fingerprint density at radius 1 is 0.500 bits per heavy atom. The molecule has 0 atom stereocenters. The van der Waals surface area contributed by atoms with Crippen LogP contribution in [0.3, 0.4) is 0 Å². The quantitative estimate of drug-likeness (QED) is 0.163. The SMILES string of the molecule is O=c1c(OCc2ccc(COc3c(-c4ccccc4)oc4ccc(Cl)cc4c3=O)cc2)c(-c2ccccc2)oc2ccc(Cl)cc12. The Balaban J connectivity index is 1.14. The lowest BCUT2D eigenvalue weighted by atomic mass is 10.1. The Morgan fingerprint density at radius 3 is 1.28 bits per heavy atom. The van der Waals surface area contributed by atoms with Crippen LogP contribution in [0.5, 0.6) is 11.5 Å². The third-order valence-corrected chi connectivity index (χ3v) is 7.95. The zero-order valence-corrected chi connectivity index (χ0v) is 25.7. The molecule has 0 spiro atoms. The van der Waals surface area contributed by atoms with Crippen LogP contribution in [-0.4, -0.2) is 0 Å². The number of hydrogen-bond donors (Lipinski definition) is 0. The van der Waals surface area contributed by atoms with E-state index in [2.05, 4.69) is 0 Å². The molecule has 5 aromatic carbocycles. The molecule has 6 nitrogen and oxygen atoms in total. The molecule has 0 aliphatic rings. The Bertz CT molecular complexity index is 2150. The zero-order chi connectivity index (χ0) is 31.6. The van der Waals surface area contributed by atoms with Gasteiger partial charge in [0.25, 0.3) is 0 Å². The highest BCUT2D eigenvalue weighted by Crippen LogP contribution is 2.34. The number of halogens is 2. The summed E-state index contributed by atoms with van der Waals surface area (Å²) >= 11 is 12.3. The van der Waals surface area contributed by atoms with Crippen LogP contribution in [0.25, 0.3) is 44.6 Å². The van der Waals surface area contributed by atoms with Crippen molar-refractivity contribution in [2.24, 2.45) is 0 Å². The number of ether oxygens (including phenoxy) is 2. The maximum Gasteiger partial charge on any atom is 0.235 e. The molecule has 7 aromatic rings. The van der Waals surface area contributed by atoms with E-state index in [4.69, 9.17) is 41.5 Å². The number of benzene rings is 5. The van der Waals surface area contributed by atoms with E-state index in [-0.39, 0.29) is 35.6 Å². The molecule has 0 saturated carbocycles. The first kappa shape index (κ1) is 29.4. The van der Waals surface area contributed by atoms with Crippen molar-refractivity contribution >= 4 is 45.1 Å². The van der Waals surface area contributed by atoms with E-state index >= 15 is 0 Å². The predicted octanol–water partition coefficient (Wildman–Crippen LogP) is 9.70. The van der Waals surface area contributed by atoms with Crippen LogP contribution in [-0.2, 0) is 13.2 Å². The minimum atomic E-state index is -0.308. The van der Waals surface area contributed by atoms with E-state index in [1.165, 1.54) is 0 Å². The fraction of sp³-hybridized carbons (Fsp3) is 0.0526. The van der Waals surface area contributed by atoms with Gasteiger partial charge < -0.3 is 18.3 Å². The standard InChI is InChI=1S/C38H24Cl2O6/c39-27-15-17-31-29(19-27)33(41)37(35(45-31)25-7-3-1-4-8-25)43-21-23-11-13-24(14-12-23)22-44-38-34(42)30-20-28(40)16-18-32(30)46-36(38)26-9-5-2-6-10-26/h1-20H,21-22H2. The van der Waals surface area contributed by atoms with Crippen molar-refractivity contribution in [2.75, 3.05) is 0 Å². The van der Waals surface area contributed by atoms with Crippen molar-refractivity contribution < 1.29 is 18.3 Å². The largest absolute Gasteiger partial charge is 0.481 e. The molecule has 226 valence electrons. The topological polar surface area (TPSA) is 78.9 Å². The molecule has 2 heterocycles. The summed E-state index contributed by atoms with van der Waals surface area (Å²) in [6.45, 7) is 0.232. The summed E-state index contributed by atoms with van der Waals surface area (Å²) in [6.07, 6.45) is 0. The summed E-state index contributed by atoms with van der Waals surface area (Å²) in [5.41, 5.74) is 3.29. The molecule has 7 rings (SSSR count). The van der Waals surface area contributed by atoms with Crippen molar-refractivity contribution in [1.82, 2.24) is 0 Å². The van der Waals surface area contributed by atoms with Crippen LogP contribution >= 0.6 is 23.2 Å². The third kappa shape index (κ3) is 5.88. The van der Waals surface area contributed by atoms with Gasteiger partial charge in [-0.25, -0.2) is 0 Å². The summed E-state index contributed by atoms with van der Waals surface area (Å²) in [6, 6.07) is 36.0. The average Bonchev–Trinajstić information content (AvgIpc) is 3.09. The number of fused-ring (bicyclic) bond motifs is 2. The van der Waals surface area contributed by atoms with E-state index in [9.17, 15) is 9.59 Å². The Hall–Kier alpha value is -5.30. The lowest BCUT2D eigenvalue weighted by Gasteiger charge is -2.13. The second-order valence-corrected chi connectivity index (χ2v) is 11.5. The first-order valence-electron chi connectivity index (χ1n) is 14.4. The van der Waals surface area contributed by atoms with E-state index in [0.29, 0.717) is 54.6 Å². The lowest BCUT2D eigenvalue weighted by molar-refractivity contribution is 0.294. The Labute approximate surface area is 273 Å². The van der Waals surface area contributed by atoms with Crippen LogP contribution in [0.15, 0.2) is 140 Å². The van der Waals surface area contributed by atoms with Crippen molar-refractivity contribution in [2.45, 2.75) is 13.2 Å². The molecular formula is C38H24Cl2O6. The van der Waals surface area contributed by atoms with Crippen LogP contribution < -0.4 is 20.3 Å². The summed E-state index contributed by atoms with van der Waals surface area (Å²) in [5.74, 6) is 0.889. The van der Waals surface area contributed by atoms with Crippen LogP contribution in [0.4, 0.5) is 0 Å².